The molecule has 7 heteroatoms. The Bertz CT molecular complexity index is 647. The van der Waals surface area contributed by atoms with Gasteiger partial charge in [-0.3, -0.25) is 0 Å². The normalized spacial score (nSPS) is 12.0. The van der Waals surface area contributed by atoms with Crippen LogP contribution in [0.25, 0.3) is 0 Å². The fraction of sp³-hybridized carbons (Fsp3) is 0.286. The molecule has 1 aromatic heterocycles. The molecule has 2 N–H and O–H groups in total. The molecule has 1 heterocycles. The third kappa shape index (κ3) is 4.41. The number of rotatable bonds is 4. The van der Waals surface area contributed by atoms with Crippen molar-refractivity contribution in [1.82, 2.24) is 15.6 Å². The van der Waals surface area contributed by atoms with Gasteiger partial charge in [-0.25, -0.2) is 14.2 Å². The number of benzene rings is 1. The molecular weight excluding hydrogens is 313 g/mol. The molecule has 112 valence electrons. The molecule has 0 bridgehead atoms. The highest BCUT2D eigenvalue weighted by molar-refractivity contribution is 7.11. The maximum absolute atomic E-state index is 13.0. The fourth-order valence-corrected chi connectivity index (χ4v) is 2.90. The lowest BCUT2D eigenvalue weighted by Gasteiger charge is -2.16. The molecule has 2 amide bonds. The zero-order valence-corrected chi connectivity index (χ0v) is 13.2. The number of aryl methyl sites for hydroxylation is 1. The molecule has 0 aliphatic carbocycles. The van der Waals surface area contributed by atoms with Gasteiger partial charge in [0.2, 0.25) is 0 Å². The number of urea groups is 1. The summed E-state index contributed by atoms with van der Waals surface area (Å²) < 4.78 is 13.0. The van der Waals surface area contributed by atoms with Crippen molar-refractivity contribution in [3.63, 3.8) is 0 Å². The van der Waals surface area contributed by atoms with Crippen molar-refractivity contribution in [2.75, 3.05) is 0 Å². The topological polar surface area (TPSA) is 54.0 Å². The molecule has 2 aromatic rings. The van der Waals surface area contributed by atoms with Crippen molar-refractivity contribution in [3.8, 4) is 0 Å². The van der Waals surface area contributed by atoms with Crippen LogP contribution in [0.3, 0.4) is 0 Å². The first-order valence-corrected chi connectivity index (χ1v) is 7.56. The molecule has 0 saturated heterocycles. The van der Waals surface area contributed by atoms with E-state index < -0.39 is 5.82 Å². The van der Waals surface area contributed by atoms with Crippen LogP contribution >= 0.6 is 22.9 Å². The Morgan fingerprint density at radius 1 is 1.52 bits per heavy atom. The largest absolute Gasteiger partial charge is 0.333 e. The number of amides is 2. The van der Waals surface area contributed by atoms with E-state index >= 15 is 0 Å². The third-order valence-electron chi connectivity index (χ3n) is 2.87. The molecule has 1 atom stereocenters. The summed E-state index contributed by atoms with van der Waals surface area (Å²) in [6, 6.07) is 3.48. The van der Waals surface area contributed by atoms with Gasteiger partial charge >= 0.3 is 6.03 Å². The predicted octanol–water partition coefficient (Wildman–Crippen LogP) is 3.80. The lowest BCUT2D eigenvalue weighted by Crippen LogP contribution is -2.36. The highest BCUT2D eigenvalue weighted by atomic mass is 35.5. The molecule has 0 aliphatic rings. The summed E-state index contributed by atoms with van der Waals surface area (Å²) in [6.07, 6.45) is 1.74. The Morgan fingerprint density at radius 3 is 2.90 bits per heavy atom. The first kappa shape index (κ1) is 15.7. The van der Waals surface area contributed by atoms with E-state index in [9.17, 15) is 9.18 Å². The zero-order chi connectivity index (χ0) is 15.4. The number of thiazole rings is 1. The van der Waals surface area contributed by atoms with Crippen LogP contribution in [-0.4, -0.2) is 11.0 Å². The number of nitrogens with one attached hydrogen (secondary N) is 2. The molecule has 1 unspecified atom stereocenters. The average Bonchev–Trinajstić information content (AvgIpc) is 2.82. The minimum absolute atomic E-state index is 0.292. The average molecular weight is 328 g/mol. The SMILES string of the molecule is Cc1ncc(CNC(=O)NC(C)c2ccc(F)cc2Cl)s1. The minimum atomic E-state index is -0.402. The molecule has 0 fully saturated rings. The third-order valence-corrected chi connectivity index (χ3v) is 4.11. The number of carbonyl (C=O) groups is 1. The van der Waals surface area contributed by atoms with Gasteiger partial charge in [0.25, 0.3) is 0 Å². The lowest BCUT2D eigenvalue weighted by atomic mass is 10.1. The van der Waals surface area contributed by atoms with E-state index in [0.717, 1.165) is 9.88 Å². The van der Waals surface area contributed by atoms with Gasteiger partial charge in [-0.2, -0.15) is 0 Å². The lowest BCUT2D eigenvalue weighted by molar-refractivity contribution is 0.237. The van der Waals surface area contributed by atoms with Crippen LogP contribution in [0, 0.1) is 12.7 Å². The number of halogens is 2. The molecule has 2 rings (SSSR count). The predicted molar refractivity (Wildman–Crippen MR) is 82.0 cm³/mol. The summed E-state index contributed by atoms with van der Waals surface area (Å²) >= 11 is 7.50. The Morgan fingerprint density at radius 2 is 2.29 bits per heavy atom. The summed E-state index contributed by atoms with van der Waals surface area (Å²) in [5.41, 5.74) is 0.668. The first-order valence-electron chi connectivity index (χ1n) is 6.36. The van der Waals surface area contributed by atoms with Gasteiger partial charge in [-0.15, -0.1) is 11.3 Å². The summed E-state index contributed by atoms with van der Waals surface area (Å²) in [5.74, 6) is -0.402. The van der Waals surface area contributed by atoms with E-state index in [-0.39, 0.29) is 12.1 Å². The van der Waals surface area contributed by atoms with Crippen molar-refractivity contribution in [2.45, 2.75) is 26.4 Å². The van der Waals surface area contributed by atoms with Gasteiger partial charge in [-0.05, 0) is 31.5 Å². The maximum Gasteiger partial charge on any atom is 0.315 e. The number of aromatic nitrogens is 1. The van der Waals surface area contributed by atoms with Gasteiger partial charge in [-0.1, -0.05) is 17.7 Å². The zero-order valence-electron chi connectivity index (χ0n) is 11.6. The molecular formula is C14H15ClFN3OS. The van der Waals surface area contributed by atoms with Crippen molar-refractivity contribution in [3.05, 3.63) is 50.7 Å². The second kappa shape index (κ2) is 6.87. The van der Waals surface area contributed by atoms with Gasteiger partial charge in [0.1, 0.15) is 5.82 Å². The van der Waals surface area contributed by atoms with Crippen LogP contribution in [0.1, 0.15) is 28.4 Å². The van der Waals surface area contributed by atoms with Crippen LogP contribution in [0.2, 0.25) is 5.02 Å². The number of hydrogen-bond donors (Lipinski definition) is 2. The highest BCUT2D eigenvalue weighted by Crippen LogP contribution is 2.23. The fourth-order valence-electron chi connectivity index (χ4n) is 1.83. The summed E-state index contributed by atoms with van der Waals surface area (Å²) in [7, 11) is 0. The molecule has 21 heavy (non-hydrogen) atoms. The van der Waals surface area contributed by atoms with Crippen LogP contribution in [0.15, 0.2) is 24.4 Å². The Balaban J connectivity index is 1.89. The second-order valence-electron chi connectivity index (χ2n) is 4.56. The number of hydrogen-bond acceptors (Lipinski definition) is 3. The van der Waals surface area contributed by atoms with Crippen LogP contribution in [0.5, 0.6) is 0 Å². The number of nitrogens with zero attached hydrogens (tertiary/aromatic N) is 1. The summed E-state index contributed by atoms with van der Waals surface area (Å²) in [4.78, 5) is 16.9. The summed E-state index contributed by atoms with van der Waals surface area (Å²) in [6.45, 7) is 4.11. The van der Waals surface area contributed by atoms with Crippen LogP contribution in [-0.2, 0) is 6.54 Å². The molecule has 0 spiro atoms. The van der Waals surface area contributed by atoms with E-state index in [1.165, 1.54) is 23.5 Å². The Labute approximate surface area is 131 Å². The maximum atomic E-state index is 13.0. The van der Waals surface area contributed by atoms with Gasteiger partial charge in [0, 0.05) is 16.1 Å². The van der Waals surface area contributed by atoms with E-state index in [0.29, 0.717) is 17.1 Å². The smallest absolute Gasteiger partial charge is 0.315 e. The molecule has 4 nitrogen and oxygen atoms in total. The number of carbonyl (C=O) groups excluding carboxylic acids is 1. The van der Waals surface area contributed by atoms with Crippen molar-refractivity contribution in [1.29, 1.82) is 0 Å². The van der Waals surface area contributed by atoms with Gasteiger partial charge in [0.05, 0.1) is 17.6 Å². The molecule has 1 aromatic carbocycles. The minimum Gasteiger partial charge on any atom is -0.333 e. The molecule has 0 aliphatic heterocycles. The van der Waals surface area contributed by atoms with E-state index in [1.807, 2.05) is 6.92 Å². The van der Waals surface area contributed by atoms with Crippen molar-refractivity contribution >= 4 is 29.0 Å². The first-order chi connectivity index (χ1) is 9.95. The van der Waals surface area contributed by atoms with Crippen LogP contribution < -0.4 is 10.6 Å². The van der Waals surface area contributed by atoms with E-state index in [1.54, 1.807) is 19.2 Å². The quantitative estimate of drug-likeness (QED) is 0.897. The Hall–Kier alpha value is -1.66. The van der Waals surface area contributed by atoms with Crippen molar-refractivity contribution in [2.24, 2.45) is 0 Å². The summed E-state index contributed by atoms with van der Waals surface area (Å²) in [5, 5.41) is 6.76. The Kier molecular flexibility index (Phi) is 5.14. The van der Waals surface area contributed by atoms with Crippen molar-refractivity contribution < 1.29 is 9.18 Å². The standard InChI is InChI=1S/C14H15ClFN3OS/c1-8(12-4-3-10(16)5-13(12)15)19-14(20)18-7-11-6-17-9(2)21-11/h3-6,8H,7H2,1-2H3,(H2,18,19,20). The highest BCUT2D eigenvalue weighted by Gasteiger charge is 2.13. The second-order valence-corrected chi connectivity index (χ2v) is 6.29. The van der Waals surface area contributed by atoms with Gasteiger partial charge in [0.15, 0.2) is 0 Å². The molecule has 0 saturated carbocycles. The van der Waals surface area contributed by atoms with Gasteiger partial charge < -0.3 is 10.6 Å². The van der Waals surface area contributed by atoms with E-state index in [4.69, 9.17) is 11.6 Å². The monoisotopic (exact) mass is 327 g/mol. The van der Waals surface area contributed by atoms with E-state index in [2.05, 4.69) is 15.6 Å². The van der Waals surface area contributed by atoms with Crippen LogP contribution in [0.4, 0.5) is 9.18 Å². The molecule has 0 radical (unpaired) electrons.